The molecular weight excluding hydrogens is 557 g/mol. The van der Waals surface area contributed by atoms with Gasteiger partial charge in [0.1, 0.15) is 16.4 Å². The van der Waals surface area contributed by atoms with Crippen molar-refractivity contribution in [2.45, 2.75) is 112 Å². The van der Waals surface area contributed by atoms with Crippen LogP contribution in [0.3, 0.4) is 0 Å². The quantitative estimate of drug-likeness (QED) is 0.225. The molecule has 0 bridgehead atoms. The number of carbonyl (C=O) groups excluding carboxylic acids is 5. The van der Waals surface area contributed by atoms with Gasteiger partial charge in [-0.05, 0) is 43.9 Å². The number of nitrogens with two attached hydrogens (primary N) is 1. The maximum atomic E-state index is 14.2. The van der Waals surface area contributed by atoms with Gasteiger partial charge in [0.25, 0.3) is 5.91 Å². The van der Waals surface area contributed by atoms with Crippen molar-refractivity contribution < 1.29 is 24.0 Å². The number of ketones is 1. The van der Waals surface area contributed by atoms with Gasteiger partial charge >= 0.3 is 6.03 Å². The summed E-state index contributed by atoms with van der Waals surface area (Å²) in [6.07, 6.45) is 12.0. The van der Waals surface area contributed by atoms with Gasteiger partial charge in [-0.15, -0.1) is 23.2 Å². The Hall–Kier alpha value is -2.07. The van der Waals surface area contributed by atoms with Crippen LogP contribution >= 0.6 is 23.2 Å². The van der Waals surface area contributed by atoms with E-state index in [1.807, 2.05) is 0 Å². The largest absolute Gasteiger partial charge is 0.363 e. The number of Topliss-reactive ketones (excluding diaryl/α,β-unsaturated/α-hetero) is 1. The van der Waals surface area contributed by atoms with Gasteiger partial charge in [0, 0.05) is 24.4 Å². The second-order valence-corrected chi connectivity index (χ2v) is 14.0. The van der Waals surface area contributed by atoms with Gasteiger partial charge in [-0.3, -0.25) is 19.2 Å². The Morgan fingerprint density at radius 2 is 1.50 bits per heavy atom. The van der Waals surface area contributed by atoms with Crippen molar-refractivity contribution >= 4 is 52.7 Å². The summed E-state index contributed by atoms with van der Waals surface area (Å²) in [5, 5.41) is 8.73. The molecule has 0 unspecified atom stereocenters. The fourth-order valence-corrected chi connectivity index (χ4v) is 7.95. The number of urea groups is 1. The molecule has 4 saturated carbocycles. The summed E-state index contributed by atoms with van der Waals surface area (Å²) >= 11 is 13.0. The highest BCUT2D eigenvalue weighted by Crippen LogP contribution is 2.65. The standard InChI is InChI=1S/C28H41Cl2N5O5/c29-28(30)18-14-35(22(20(18)28)25(38)33-19(13-15-11-12-15)23(36)24(31)37)26(39)21(16-7-3-1-4-8-16)34-27(40)32-17-9-5-2-6-10-17/h15-22H,1-14H2,(H2,31,37)(H,33,38)(H2,32,34,40)/t18-,19-,20-,21-,22-/m0/s1. The number of amides is 5. The van der Waals surface area contributed by atoms with Crippen LogP contribution in [0.25, 0.3) is 0 Å². The lowest BCUT2D eigenvalue weighted by molar-refractivity contribution is -0.144. The second kappa shape index (κ2) is 12.0. The highest BCUT2D eigenvalue weighted by molar-refractivity contribution is 6.51. The number of likely N-dealkylation sites (tertiary alicyclic amines) is 1. The molecule has 1 heterocycles. The molecule has 0 radical (unpaired) electrons. The van der Waals surface area contributed by atoms with Gasteiger partial charge in [0.15, 0.2) is 0 Å². The Morgan fingerprint density at radius 1 is 0.875 bits per heavy atom. The molecule has 1 aliphatic heterocycles. The van der Waals surface area contributed by atoms with E-state index in [1.165, 1.54) is 11.3 Å². The molecule has 5 fully saturated rings. The number of hydrogen-bond acceptors (Lipinski definition) is 5. The van der Waals surface area contributed by atoms with Crippen LogP contribution in [0, 0.1) is 23.7 Å². The first-order chi connectivity index (χ1) is 19.1. The summed E-state index contributed by atoms with van der Waals surface area (Å²) in [6.45, 7) is 0.181. The number of carbonyl (C=O) groups is 5. The first-order valence-electron chi connectivity index (χ1n) is 15.0. The molecule has 12 heteroatoms. The Bertz CT molecular complexity index is 1020. The normalized spacial score (nSPS) is 29.6. The zero-order chi connectivity index (χ0) is 28.6. The Morgan fingerprint density at radius 3 is 2.10 bits per heavy atom. The number of rotatable bonds is 10. The fraction of sp³-hybridized carbons (Fsp3) is 0.821. The first kappa shape index (κ1) is 29.4. The lowest BCUT2D eigenvalue weighted by atomic mass is 9.83. The van der Waals surface area contributed by atoms with Crippen molar-refractivity contribution in [1.29, 1.82) is 0 Å². The molecule has 4 aliphatic carbocycles. The van der Waals surface area contributed by atoms with Crippen LogP contribution in [0.1, 0.15) is 83.5 Å². The van der Waals surface area contributed by atoms with Gasteiger partial charge in [-0.1, -0.05) is 51.4 Å². The average molecular weight is 599 g/mol. The lowest BCUT2D eigenvalue weighted by Crippen LogP contribution is -2.60. The van der Waals surface area contributed by atoms with Crippen molar-refractivity contribution in [3.05, 3.63) is 0 Å². The van der Waals surface area contributed by atoms with E-state index < -0.39 is 46.0 Å². The number of alkyl halides is 2. The minimum Gasteiger partial charge on any atom is -0.363 e. The summed E-state index contributed by atoms with van der Waals surface area (Å²) in [7, 11) is 0. The first-order valence-corrected chi connectivity index (χ1v) is 15.7. The van der Waals surface area contributed by atoms with Gasteiger partial charge in [0.05, 0.1) is 6.04 Å². The number of halogens is 2. The zero-order valence-corrected chi connectivity index (χ0v) is 24.4. The van der Waals surface area contributed by atoms with Crippen LogP contribution in [0.15, 0.2) is 0 Å². The van der Waals surface area contributed by atoms with Gasteiger partial charge in [-0.2, -0.15) is 0 Å². The molecule has 40 heavy (non-hydrogen) atoms. The monoisotopic (exact) mass is 597 g/mol. The van der Waals surface area contributed by atoms with E-state index in [-0.39, 0.29) is 42.3 Å². The molecule has 0 aromatic rings. The van der Waals surface area contributed by atoms with Gasteiger partial charge < -0.3 is 26.6 Å². The molecule has 0 spiro atoms. The minimum atomic E-state index is -1.16. The number of nitrogens with zero attached hydrogens (tertiary/aromatic N) is 1. The molecule has 0 aromatic heterocycles. The van der Waals surface area contributed by atoms with Crippen LogP contribution in [-0.2, 0) is 19.2 Å². The summed E-state index contributed by atoms with van der Waals surface area (Å²) in [6, 6.07) is -3.12. The Balaban J connectivity index is 1.33. The molecule has 5 amide bonds. The topological polar surface area (TPSA) is 151 Å². The maximum absolute atomic E-state index is 14.2. The second-order valence-electron chi connectivity index (χ2n) is 12.5. The third kappa shape index (κ3) is 6.37. The third-order valence-corrected chi connectivity index (χ3v) is 10.7. The smallest absolute Gasteiger partial charge is 0.315 e. The molecule has 0 aromatic carbocycles. The Labute approximate surface area is 245 Å². The highest BCUT2D eigenvalue weighted by atomic mass is 35.5. The molecule has 5 aliphatic rings. The summed E-state index contributed by atoms with van der Waals surface area (Å²) in [5.74, 6) is -3.47. The maximum Gasteiger partial charge on any atom is 0.315 e. The molecule has 5 atom stereocenters. The third-order valence-electron chi connectivity index (χ3n) is 9.64. The average Bonchev–Trinajstić information content (AvgIpc) is 3.79. The van der Waals surface area contributed by atoms with Crippen molar-refractivity contribution in [2.24, 2.45) is 29.4 Å². The number of fused-ring (bicyclic) bond motifs is 1. The zero-order valence-electron chi connectivity index (χ0n) is 22.8. The molecule has 222 valence electrons. The van der Waals surface area contributed by atoms with Gasteiger partial charge in [-0.25, -0.2) is 4.79 Å². The number of piperidine rings is 1. The predicted molar refractivity (Wildman–Crippen MR) is 149 cm³/mol. The summed E-state index contributed by atoms with van der Waals surface area (Å²) in [4.78, 5) is 66.6. The van der Waals surface area contributed by atoms with E-state index in [9.17, 15) is 24.0 Å². The van der Waals surface area contributed by atoms with E-state index in [1.54, 1.807) is 0 Å². The van der Waals surface area contributed by atoms with Gasteiger partial charge in [0.2, 0.25) is 17.6 Å². The number of primary amides is 1. The van der Waals surface area contributed by atoms with Crippen molar-refractivity contribution in [1.82, 2.24) is 20.9 Å². The van der Waals surface area contributed by atoms with E-state index in [0.717, 1.165) is 70.6 Å². The van der Waals surface area contributed by atoms with E-state index in [2.05, 4.69) is 16.0 Å². The summed E-state index contributed by atoms with van der Waals surface area (Å²) < 4.78 is -1.16. The Kier molecular flexibility index (Phi) is 8.86. The van der Waals surface area contributed by atoms with E-state index in [0.29, 0.717) is 6.42 Å². The lowest BCUT2D eigenvalue weighted by Gasteiger charge is -2.37. The predicted octanol–water partition coefficient (Wildman–Crippen LogP) is 2.54. The van der Waals surface area contributed by atoms with E-state index in [4.69, 9.17) is 28.9 Å². The molecule has 5 rings (SSSR count). The number of nitrogens with one attached hydrogen (secondary N) is 3. The highest BCUT2D eigenvalue weighted by Gasteiger charge is 2.74. The van der Waals surface area contributed by atoms with Crippen LogP contribution in [0.2, 0.25) is 0 Å². The SMILES string of the molecule is NC(=O)C(=O)[C@H](CC1CC1)NC(=O)[C@@H]1[C@@H]2[C@H](CN1C(=O)[C@@H](NC(=O)NC1CCCCC1)C1CCCCC1)C2(Cl)Cl. The summed E-state index contributed by atoms with van der Waals surface area (Å²) in [5.41, 5.74) is 5.26. The van der Waals surface area contributed by atoms with Crippen LogP contribution in [-0.4, -0.2) is 69.5 Å². The molecule has 5 N–H and O–H groups in total. The van der Waals surface area contributed by atoms with Crippen molar-refractivity contribution in [3.8, 4) is 0 Å². The van der Waals surface area contributed by atoms with Crippen molar-refractivity contribution in [3.63, 3.8) is 0 Å². The van der Waals surface area contributed by atoms with E-state index >= 15 is 0 Å². The van der Waals surface area contributed by atoms with Crippen LogP contribution in [0.4, 0.5) is 4.79 Å². The number of hydrogen-bond donors (Lipinski definition) is 4. The van der Waals surface area contributed by atoms with Crippen LogP contribution < -0.4 is 21.7 Å². The minimum absolute atomic E-state index is 0.0465. The van der Waals surface area contributed by atoms with Crippen LogP contribution in [0.5, 0.6) is 0 Å². The van der Waals surface area contributed by atoms with Crippen molar-refractivity contribution in [2.75, 3.05) is 6.54 Å². The molecule has 10 nitrogen and oxygen atoms in total. The molecule has 1 saturated heterocycles. The fourth-order valence-electron chi connectivity index (χ4n) is 7.12. The molecular formula is C28H41Cl2N5O5.